The Labute approximate surface area is 246 Å². The molecular formula is C34H37N3O5. The van der Waals surface area contributed by atoms with E-state index in [1.807, 2.05) is 94.4 Å². The predicted molar refractivity (Wildman–Crippen MR) is 166 cm³/mol. The molecule has 0 aliphatic carbocycles. The molecule has 0 aliphatic heterocycles. The number of likely N-dealkylation sites (N-methyl/N-ethyl adjacent to an activating group) is 1. The van der Waals surface area contributed by atoms with E-state index in [0.29, 0.717) is 12.1 Å². The number of aliphatic carboxylic acids is 1. The first-order chi connectivity index (χ1) is 20.1. The van der Waals surface area contributed by atoms with Gasteiger partial charge in [0.2, 0.25) is 0 Å². The highest BCUT2D eigenvalue weighted by Crippen LogP contribution is 2.28. The second-order valence-corrected chi connectivity index (χ2v) is 10.5. The average molecular weight is 568 g/mol. The molecule has 0 spiro atoms. The van der Waals surface area contributed by atoms with Gasteiger partial charge in [-0.1, -0.05) is 79.2 Å². The van der Waals surface area contributed by atoms with Crippen LogP contribution in [0.2, 0.25) is 0 Å². The summed E-state index contributed by atoms with van der Waals surface area (Å²) in [5, 5.41) is 17.6. The Morgan fingerprint density at radius 2 is 1.45 bits per heavy atom. The molecule has 4 aromatic carbocycles. The van der Waals surface area contributed by atoms with Crippen LogP contribution in [0, 0.1) is 20.8 Å². The first-order valence-electron chi connectivity index (χ1n) is 13.9. The number of ether oxygens (including phenoxy) is 1. The maximum absolute atomic E-state index is 14.0. The highest BCUT2D eigenvalue weighted by Gasteiger charge is 2.35. The number of carbonyl (C=O) groups is 3. The van der Waals surface area contributed by atoms with Crippen LogP contribution in [0.3, 0.4) is 0 Å². The molecule has 3 N–H and O–H groups in total. The number of amides is 3. The number of carboxylic acids is 1. The zero-order chi connectivity index (χ0) is 30.4. The number of nitrogens with one attached hydrogen (secondary N) is 2. The number of aryl methyl sites for hydroxylation is 3. The van der Waals surface area contributed by atoms with Crippen LogP contribution in [-0.4, -0.2) is 47.1 Å². The van der Waals surface area contributed by atoms with Crippen molar-refractivity contribution in [3.05, 3.63) is 107 Å². The number of urea groups is 1. The molecule has 2 atom stereocenters. The van der Waals surface area contributed by atoms with Gasteiger partial charge < -0.3 is 25.4 Å². The van der Waals surface area contributed by atoms with E-state index in [-0.39, 0.29) is 17.9 Å². The quantitative estimate of drug-likeness (QED) is 0.193. The number of fused-ring (bicyclic) bond motifs is 1. The molecule has 0 saturated heterocycles. The smallest absolute Gasteiger partial charge is 0.329 e. The van der Waals surface area contributed by atoms with Crippen LogP contribution in [0.15, 0.2) is 78.9 Å². The number of carbonyl (C=O) groups excluding carboxylic acids is 2. The van der Waals surface area contributed by atoms with Gasteiger partial charge in [-0.2, -0.15) is 0 Å². The lowest BCUT2D eigenvalue weighted by molar-refractivity contribution is -0.148. The lowest BCUT2D eigenvalue weighted by Gasteiger charge is -2.31. The SMILES string of the molecule is CC[C@@H](OCc1ccccc1)[C@@H](C(=O)O)N(C)C(=O)c1cc2ccccc2cc1NC(=O)Nc1c(C)cc(C)cc1C. The normalized spacial score (nSPS) is 12.4. The standard InChI is InChI=1S/C34H37N3O5/c1-6-29(42-20-24-12-8-7-9-13-24)31(33(39)40)37(5)32(38)27-18-25-14-10-11-15-26(25)19-28(27)35-34(41)36-30-22(3)16-21(2)17-23(30)4/h7-19,29,31H,6,20H2,1-5H3,(H,39,40)(H2,35,36,41)/t29-,31+/m1/s1. The van der Waals surface area contributed by atoms with Gasteiger partial charge in [0.25, 0.3) is 5.91 Å². The molecule has 4 aromatic rings. The van der Waals surface area contributed by atoms with Gasteiger partial charge in [-0.15, -0.1) is 0 Å². The number of rotatable bonds is 10. The molecule has 0 saturated carbocycles. The fraction of sp³-hybridized carbons (Fsp3) is 0.265. The van der Waals surface area contributed by atoms with E-state index in [1.165, 1.54) is 11.9 Å². The minimum absolute atomic E-state index is 0.174. The Bertz CT molecular complexity index is 1580. The Hall–Kier alpha value is -4.69. The fourth-order valence-electron chi connectivity index (χ4n) is 5.27. The Kier molecular flexibility index (Phi) is 9.60. The summed E-state index contributed by atoms with van der Waals surface area (Å²) < 4.78 is 6.02. The van der Waals surface area contributed by atoms with E-state index < -0.39 is 30.1 Å². The van der Waals surface area contributed by atoms with E-state index >= 15 is 0 Å². The molecule has 4 rings (SSSR count). The molecule has 218 valence electrons. The third kappa shape index (κ3) is 6.95. The lowest BCUT2D eigenvalue weighted by Crippen LogP contribution is -2.50. The first kappa shape index (κ1) is 30.3. The van der Waals surface area contributed by atoms with Crippen molar-refractivity contribution in [3.8, 4) is 0 Å². The van der Waals surface area contributed by atoms with Gasteiger partial charge in [-0.25, -0.2) is 9.59 Å². The van der Waals surface area contributed by atoms with Crippen LogP contribution < -0.4 is 10.6 Å². The zero-order valence-corrected chi connectivity index (χ0v) is 24.6. The van der Waals surface area contributed by atoms with Crippen molar-refractivity contribution < 1.29 is 24.2 Å². The Balaban J connectivity index is 1.64. The van der Waals surface area contributed by atoms with Gasteiger partial charge in [-0.3, -0.25) is 4.79 Å². The zero-order valence-electron chi connectivity index (χ0n) is 24.6. The first-order valence-corrected chi connectivity index (χ1v) is 13.9. The number of anilines is 2. The van der Waals surface area contributed by atoms with Crippen LogP contribution in [0.5, 0.6) is 0 Å². The maximum Gasteiger partial charge on any atom is 0.329 e. The molecular weight excluding hydrogens is 530 g/mol. The van der Waals surface area contributed by atoms with E-state index in [4.69, 9.17) is 4.74 Å². The van der Waals surface area contributed by atoms with Gasteiger partial charge in [0.15, 0.2) is 6.04 Å². The third-order valence-corrected chi connectivity index (χ3v) is 7.33. The number of hydrogen-bond donors (Lipinski definition) is 3. The summed E-state index contributed by atoms with van der Waals surface area (Å²) in [7, 11) is 1.45. The predicted octanol–water partition coefficient (Wildman–Crippen LogP) is 6.93. The van der Waals surface area contributed by atoms with Gasteiger partial charge in [0.1, 0.15) is 0 Å². The number of hydrogen-bond acceptors (Lipinski definition) is 4. The number of carboxylic acid groups (broad SMARTS) is 1. The van der Waals surface area contributed by atoms with Crippen molar-refractivity contribution in [2.24, 2.45) is 0 Å². The summed E-state index contributed by atoms with van der Waals surface area (Å²) in [6, 6.07) is 22.5. The second kappa shape index (κ2) is 13.3. The summed E-state index contributed by atoms with van der Waals surface area (Å²) in [5.74, 6) is -1.72. The molecule has 0 unspecified atom stereocenters. The fourth-order valence-corrected chi connectivity index (χ4v) is 5.27. The van der Waals surface area contributed by atoms with E-state index in [9.17, 15) is 19.5 Å². The van der Waals surface area contributed by atoms with E-state index in [1.54, 1.807) is 12.1 Å². The summed E-state index contributed by atoms with van der Waals surface area (Å²) in [6.07, 6.45) is -0.383. The third-order valence-electron chi connectivity index (χ3n) is 7.33. The maximum atomic E-state index is 14.0. The average Bonchev–Trinajstić information content (AvgIpc) is 2.96. The summed E-state index contributed by atoms with van der Waals surface area (Å²) in [5.41, 5.74) is 4.97. The molecule has 0 heterocycles. The lowest BCUT2D eigenvalue weighted by atomic mass is 10.0. The molecule has 0 radical (unpaired) electrons. The molecule has 8 nitrogen and oxygen atoms in total. The highest BCUT2D eigenvalue weighted by atomic mass is 16.5. The molecule has 0 aliphatic rings. The van der Waals surface area contributed by atoms with Crippen molar-refractivity contribution in [1.82, 2.24) is 4.90 Å². The van der Waals surface area contributed by atoms with Crippen molar-refractivity contribution in [2.45, 2.75) is 52.9 Å². The molecule has 3 amide bonds. The van der Waals surface area contributed by atoms with Crippen LogP contribution in [0.25, 0.3) is 10.8 Å². The molecule has 0 bridgehead atoms. The summed E-state index contributed by atoms with van der Waals surface area (Å²) in [6.45, 7) is 7.88. The van der Waals surface area contributed by atoms with Gasteiger partial charge >= 0.3 is 12.0 Å². The van der Waals surface area contributed by atoms with Gasteiger partial charge in [0.05, 0.1) is 24.0 Å². The number of benzene rings is 4. The largest absolute Gasteiger partial charge is 0.480 e. The number of nitrogens with zero attached hydrogens (tertiary/aromatic N) is 1. The van der Waals surface area contributed by atoms with Crippen molar-refractivity contribution in [2.75, 3.05) is 17.7 Å². The van der Waals surface area contributed by atoms with Crippen LogP contribution >= 0.6 is 0 Å². The monoisotopic (exact) mass is 567 g/mol. The molecule has 8 heteroatoms. The van der Waals surface area contributed by atoms with Gasteiger partial charge in [0, 0.05) is 12.7 Å². The minimum atomic E-state index is -1.25. The Morgan fingerprint density at radius 1 is 0.857 bits per heavy atom. The Morgan fingerprint density at radius 3 is 2.05 bits per heavy atom. The van der Waals surface area contributed by atoms with E-state index in [0.717, 1.165) is 33.0 Å². The van der Waals surface area contributed by atoms with Crippen molar-refractivity contribution in [3.63, 3.8) is 0 Å². The van der Waals surface area contributed by atoms with Crippen LogP contribution in [0.4, 0.5) is 16.2 Å². The molecule has 42 heavy (non-hydrogen) atoms. The van der Waals surface area contributed by atoms with Crippen molar-refractivity contribution >= 4 is 40.1 Å². The van der Waals surface area contributed by atoms with E-state index in [2.05, 4.69) is 10.6 Å². The molecule has 0 aromatic heterocycles. The minimum Gasteiger partial charge on any atom is -0.480 e. The second-order valence-electron chi connectivity index (χ2n) is 10.5. The van der Waals surface area contributed by atoms with Crippen molar-refractivity contribution in [1.29, 1.82) is 0 Å². The summed E-state index contributed by atoms with van der Waals surface area (Å²) in [4.78, 5) is 40.9. The van der Waals surface area contributed by atoms with Gasteiger partial charge in [-0.05, 0) is 66.8 Å². The van der Waals surface area contributed by atoms with Crippen LogP contribution in [-0.2, 0) is 16.1 Å². The molecule has 0 fully saturated rings. The topological polar surface area (TPSA) is 108 Å². The highest BCUT2D eigenvalue weighted by molar-refractivity contribution is 6.10. The summed E-state index contributed by atoms with van der Waals surface area (Å²) >= 11 is 0. The van der Waals surface area contributed by atoms with Crippen LogP contribution in [0.1, 0.15) is 46.0 Å².